The molecule has 0 aliphatic heterocycles. The van der Waals surface area contributed by atoms with Gasteiger partial charge in [0.2, 0.25) is 0 Å². The average molecular weight is 283 g/mol. The molecule has 1 amide bonds. The molecular weight excluding hydrogens is 268 g/mol. The first-order chi connectivity index (χ1) is 9.47. The summed E-state index contributed by atoms with van der Waals surface area (Å²) in [4.78, 5) is 22.7. The number of amides is 1. The van der Waals surface area contributed by atoms with E-state index in [9.17, 15) is 18.4 Å². The Bertz CT molecular complexity index is 525. The summed E-state index contributed by atoms with van der Waals surface area (Å²) in [7, 11) is 0. The van der Waals surface area contributed by atoms with E-state index in [4.69, 9.17) is 5.11 Å². The molecule has 0 aromatic heterocycles. The predicted molar refractivity (Wildman–Crippen MR) is 67.2 cm³/mol. The van der Waals surface area contributed by atoms with Crippen molar-refractivity contribution in [2.24, 2.45) is 5.92 Å². The van der Waals surface area contributed by atoms with Crippen molar-refractivity contribution in [2.75, 3.05) is 0 Å². The van der Waals surface area contributed by atoms with Crippen LogP contribution in [0.4, 0.5) is 8.78 Å². The fraction of sp³-hybridized carbons (Fsp3) is 0.429. The molecule has 20 heavy (non-hydrogen) atoms. The third-order valence-electron chi connectivity index (χ3n) is 3.59. The molecule has 2 rings (SSSR count). The van der Waals surface area contributed by atoms with E-state index in [0.29, 0.717) is 25.7 Å². The molecule has 108 valence electrons. The van der Waals surface area contributed by atoms with E-state index in [1.165, 1.54) is 6.07 Å². The molecule has 1 aromatic rings. The third kappa shape index (κ3) is 3.31. The highest BCUT2D eigenvalue weighted by molar-refractivity contribution is 5.94. The summed E-state index contributed by atoms with van der Waals surface area (Å²) >= 11 is 0. The van der Waals surface area contributed by atoms with Gasteiger partial charge in [0.1, 0.15) is 0 Å². The van der Waals surface area contributed by atoms with Crippen molar-refractivity contribution < 1.29 is 23.5 Å². The monoisotopic (exact) mass is 283 g/mol. The zero-order valence-electron chi connectivity index (χ0n) is 10.7. The second-order valence-electron chi connectivity index (χ2n) is 4.99. The Morgan fingerprint density at radius 1 is 1.10 bits per heavy atom. The van der Waals surface area contributed by atoms with Crippen LogP contribution in [-0.2, 0) is 4.79 Å². The average Bonchev–Trinajstić information content (AvgIpc) is 2.42. The number of hydrogen-bond acceptors (Lipinski definition) is 2. The molecular formula is C14H15F2NO3. The molecule has 1 aliphatic carbocycles. The minimum Gasteiger partial charge on any atom is -0.481 e. The normalized spacial score (nSPS) is 22.3. The number of nitrogens with one attached hydrogen (secondary N) is 1. The molecule has 1 aliphatic rings. The number of rotatable bonds is 3. The Labute approximate surface area is 114 Å². The van der Waals surface area contributed by atoms with Crippen molar-refractivity contribution in [1.29, 1.82) is 0 Å². The van der Waals surface area contributed by atoms with Crippen molar-refractivity contribution in [2.45, 2.75) is 31.7 Å². The van der Waals surface area contributed by atoms with Crippen LogP contribution in [0.25, 0.3) is 0 Å². The van der Waals surface area contributed by atoms with E-state index in [1.54, 1.807) is 0 Å². The van der Waals surface area contributed by atoms with Crippen LogP contribution < -0.4 is 5.32 Å². The molecule has 0 heterocycles. The lowest BCUT2D eigenvalue weighted by molar-refractivity contribution is -0.142. The molecule has 6 heteroatoms. The number of benzene rings is 1. The van der Waals surface area contributed by atoms with Gasteiger partial charge in [0.25, 0.3) is 5.91 Å². The summed E-state index contributed by atoms with van der Waals surface area (Å²) in [5, 5.41) is 11.6. The lowest BCUT2D eigenvalue weighted by Crippen LogP contribution is -2.38. The molecule has 4 nitrogen and oxygen atoms in total. The molecule has 1 aromatic carbocycles. The summed E-state index contributed by atoms with van der Waals surface area (Å²) in [5.41, 5.74) is 0.0595. The zero-order chi connectivity index (χ0) is 14.7. The topological polar surface area (TPSA) is 66.4 Å². The van der Waals surface area contributed by atoms with Gasteiger partial charge in [-0.25, -0.2) is 8.78 Å². The molecule has 1 saturated carbocycles. The number of carbonyl (C=O) groups excluding carboxylic acids is 1. The van der Waals surface area contributed by atoms with E-state index in [0.717, 1.165) is 12.1 Å². The third-order valence-corrected chi connectivity index (χ3v) is 3.59. The molecule has 0 spiro atoms. The maximum absolute atomic E-state index is 13.0. The van der Waals surface area contributed by atoms with Crippen molar-refractivity contribution in [3.63, 3.8) is 0 Å². The number of carboxylic acid groups (broad SMARTS) is 1. The minimum atomic E-state index is -1.06. The first-order valence-electron chi connectivity index (χ1n) is 6.46. The first kappa shape index (κ1) is 14.4. The van der Waals surface area contributed by atoms with E-state index in [2.05, 4.69) is 5.32 Å². The van der Waals surface area contributed by atoms with E-state index >= 15 is 0 Å². The van der Waals surface area contributed by atoms with Gasteiger partial charge in [-0.15, -0.1) is 0 Å². The van der Waals surface area contributed by atoms with Gasteiger partial charge < -0.3 is 10.4 Å². The highest BCUT2D eigenvalue weighted by atomic mass is 19.2. The smallest absolute Gasteiger partial charge is 0.306 e. The summed E-state index contributed by atoms with van der Waals surface area (Å²) in [6, 6.07) is 2.86. The van der Waals surface area contributed by atoms with Gasteiger partial charge in [0, 0.05) is 11.6 Å². The number of carbonyl (C=O) groups is 2. The Morgan fingerprint density at radius 3 is 2.30 bits per heavy atom. The van der Waals surface area contributed by atoms with Gasteiger partial charge in [-0.1, -0.05) is 0 Å². The molecule has 0 atom stereocenters. The highest BCUT2D eigenvalue weighted by Gasteiger charge is 2.26. The van der Waals surface area contributed by atoms with Gasteiger partial charge in [-0.2, -0.15) is 0 Å². The summed E-state index contributed by atoms with van der Waals surface area (Å²) < 4.78 is 25.8. The fourth-order valence-corrected chi connectivity index (χ4v) is 2.39. The van der Waals surface area contributed by atoms with E-state index in [-0.39, 0.29) is 17.5 Å². The molecule has 0 bridgehead atoms. The SMILES string of the molecule is O=C(NC1CCC(C(=O)O)CC1)c1ccc(F)c(F)c1. The van der Waals surface area contributed by atoms with Gasteiger partial charge in [0.15, 0.2) is 11.6 Å². The van der Waals surface area contributed by atoms with Crippen LogP contribution in [0.2, 0.25) is 0 Å². The van der Waals surface area contributed by atoms with Crippen LogP contribution in [0.1, 0.15) is 36.0 Å². The van der Waals surface area contributed by atoms with Crippen molar-refractivity contribution in [1.82, 2.24) is 5.32 Å². The van der Waals surface area contributed by atoms with Crippen LogP contribution in [0, 0.1) is 17.6 Å². The number of halogens is 2. The lowest BCUT2D eigenvalue weighted by atomic mass is 9.86. The highest BCUT2D eigenvalue weighted by Crippen LogP contribution is 2.24. The minimum absolute atomic E-state index is 0.0595. The maximum atomic E-state index is 13.0. The van der Waals surface area contributed by atoms with Gasteiger partial charge in [0.05, 0.1) is 5.92 Å². The second kappa shape index (κ2) is 5.98. The van der Waals surface area contributed by atoms with Gasteiger partial charge >= 0.3 is 5.97 Å². The molecule has 0 unspecified atom stereocenters. The Morgan fingerprint density at radius 2 is 1.75 bits per heavy atom. The van der Waals surface area contributed by atoms with Crippen LogP contribution >= 0.6 is 0 Å². The van der Waals surface area contributed by atoms with Crippen molar-refractivity contribution >= 4 is 11.9 Å². The van der Waals surface area contributed by atoms with Crippen molar-refractivity contribution in [3.8, 4) is 0 Å². The van der Waals surface area contributed by atoms with Gasteiger partial charge in [-0.05, 0) is 43.9 Å². The second-order valence-corrected chi connectivity index (χ2v) is 4.99. The van der Waals surface area contributed by atoms with Crippen LogP contribution in [-0.4, -0.2) is 23.0 Å². The van der Waals surface area contributed by atoms with Crippen LogP contribution in [0.15, 0.2) is 18.2 Å². The Hall–Kier alpha value is -1.98. The zero-order valence-corrected chi connectivity index (χ0v) is 10.7. The van der Waals surface area contributed by atoms with Crippen LogP contribution in [0.3, 0.4) is 0 Å². The number of hydrogen-bond donors (Lipinski definition) is 2. The summed E-state index contributed by atoms with van der Waals surface area (Å²) in [6.07, 6.45) is 2.18. The van der Waals surface area contributed by atoms with E-state index in [1.807, 2.05) is 0 Å². The predicted octanol–water partition coefficient (Wildman–Crippen LogP) is 2.34. The lowest BCUT2D eigenvalue weighted by Gasteiger charge is -2.26. The molecule has 0 saturated heterocycles. The van der Waals surface area contributed by atoms with Crippen molar-refractivity contribution in [3.05, 3.63) is 35.4 Å². The Balaban J connectivity index is 1.92. The largest absolute Gasteiger partial charge is 0.481 e. The summed E-state index contributed by atoms with van der Waals surface area (Å²) in [5.74, 6) is -3.69. The van der Waals surface area contributed by atoms with E-state index < -0.39 is 23.5 Å². The van der Waals surface area contributed by atoms with Gasteiger partial charge in [-0.3, -0.25) is 9.59 Å². The maximum Gasteiger partial charge on any atom is 0.306 e. The molecule has 2 N–H and O–H groups in total. The summed E-state index contributed by atoms with van der Waals surface area (Å²) in [6.45, 7) is 0. The quantitative estimate of drug-likeness (QED) is 0.894. The standard InChI is InChI=1S/C14H15F2NO3/c15-11-6-3-9(7-12(11)16)13(18)17-10-4-1-8(2-5-10)14(19)20/h3,6-8,10H,1-2,4-5H2,(H,17,18)(H,19,20). The van der Waals surface area contributed by atoms with Crippen LogP contribution in [0.5, 0.6) is 0 Å². The number of aliphatic carboxylic acids is 1. The molecule has 1 fully saturated rings. The molecule has 0 radical (unpaired) electrons. The number of carboxylic acids is 1. The fourth-order valence-electron chi connectivity index (χ4n) is 2.39. The first-order valence-corrected chi connectivity index (χ1v) is 6.46. The Kier molecular flexibility index (Phi) is 4.32.